The molecule has 0 spiro atoms. The number of aliphatic hydroxyl groups is 1. The van der Waals surface area contributed by atoms with Crippen LogP contribution in [0.3, 0.4) is 0 Å². The first-order chi connectivity index (χ1) is 12.2. The largest absolute Gasteiger partial charge is 0.493 e. The van der Waals surface area contributed by atoms with E-state index in [-0.39, 0.29) is 6.61 Å². The number of ether oxygens (including phenoxy) is 2. The fourth-order valence-electron chi connectivity index (χ4n) is 2.68. The van der Waals surface area contributed by atoms with Gasteiger partial charge in [0.1, 0.15) is 0 Å². The van der Waals surface area contributed by atoms with Gasteiger partial charge in [0.05, 0.1) is 43.9 Å². The second kappa shape index (κ2) is 7.27. The van der Waals surface area contributed by atoms with E-state index in [2.05, 4.69) is 10.3 Å². The molecule has 130 valence electrons. The molecule has 0 saturated carbocycles. The van der Waals surface area contributed by atoms with Gasteiger partial charge in [-0.3, -0.25) is 4.98 Å². The number of anilines is 2. The van der Waals surface area contributed by atoms with E-state index in [0.717, 1.165) is 27.7 Å². The SMILES string of the molecule is COc1cc2ncc(N)c(NCc3ccc(CO)cc3)c2cc1OC. The Labute approximate surface area is 146 Å². The number of nitrogens with zero attached hydrogens (tertiary/aromatic N) is 1. The highest BCUT2D eigenvalue weighted by Gasteiger charge is 2.12. The smallest absolute Gasteiger partial charge is 0.162 e. The van der Waals surface area contributed by atoms with E-state index in [9.17, 15) is 0 Å². The third-order valence-electron chi connectivity index (χ3n) is 4.08. The molecule has 0 saturated heterocycles. The Morgan fingerprint density at radius 2 is 1.68 bits per heavy atom. The van der Waals surface area contributed by atoms with E-state index in [1.165, 1.54) is 0 Å². The summed E-state index contributed by atoms with van der Waals surface area (Å²) in [4.78, 5) is 4.37. The van der Waals surface area contributed by atoms with Crippen LogP contribution in [-0.2, 0) is 13.2 Å². The van der Waals surface area contributed by atoms with Crippen molar-refractivity contribution in [1.82, 2.24) is 4.98 Å². The van der Waals surface area contributed by atoms with Gasteiger partial charge in [-0.05, 0) is 17.2 Å². The molecule has 3 aromatic rings. The monoisotopic (exact) mass is 339 g/mol. The molecule has 0 bridgehead atoms. The molecule has 6 nitrogen and oxygen atoms in total. The number of hydrogen-bond acceptors (Lipinski definition) is 6. The maximum atomic E-state index is 9.12. The summed E-state index contributed by atoms with van der Waals surface area (Å²) < 4.78 is 10.7. The predicted octanol–water partition coefficient (Wildman–Crippen LogP) is 2.94. The minimum Gasteiger partial charge on any atom is -0.493 e. The summed E-state index contributed by atoms with van der Waals surface area (Å²) in [5.74, 6) is 1.25. The molecule has 0 atom stereocenters. The van der Waals surface area contributed by atoms with Gasteiger partial charge in [0, 0.05) is 18.0 Å². The number of pyridine rings is 1. The van der Waals surface area contributed by atoms with Crippen molar-refractivity contribution in [3.8, 4) is 11.5 Å². The van der Waals surface area contributed by atoms with Crippen LogP contribution in [0.1, 0.15) is 11.1 Å². The second-order valence-corrected chi connectivity index (χ2v) is 5.64. The van der Waals surface area contributed by atoms with Crippen LogP contribution in [0.25, 0.3) is 10.9 Å². The van der Waals surface area contributed by atoms with Gasteiger partial charge in [-0.25, -0.2) is 0 Å². The lowest BCUT2D eigenvalue weighted by Crippen LogP contribution is -2.04. The molecular weight excluding hydrogens is 318 g/mol. The van der Waals surface area contributed by atoms with E-state index < -0.39 is 0 Å². The highest BCUT2D eigenvalue weighted by atomic mass is 16.5. The van der Waals surface area contributed by atoms with Crippen molar-refractivity contribution in [2.24, 2.45) is 0 Å². The Morgan fingerprint density at radius 3 is 2.32 bits per heavy atom. The summed E-state index contributed by atoms with van der Waals surface area (Å²) in [6.07, 6.45) is 1.63. The third kappa shape index (κ3) is 3.44. The van der Waals surface area contributed by atoms with Crippen LogP contribution >= 0.6 is 0 Å². The van der Waals surface area contributed by atoms with Gasteiger partial charge in [0.2, 0.25) is 0 Å². The summed E-state index contributed by atoms with van der Waals surface area (Å²) in [6.45, 7) is 0.640. The number of nitrogen functional groups attached to an aromatic ring is 1. The van der Waals surface area contributed by atoms with Crippen LogP contribution in [0.5, 0.6) is 11.5 Å². The highest BCUT2D eigenvalue weighted by Crippen LogP contribution is 2.36. The van der Waals surface area contributed by atoms with Crippen LogP contribution in [0, 0.1) is 0 Å². The summed E-state index contributed by atoms with van der Waals surface area (Å²) >= 11 is 0. The van der Waals surface area contributed by atoms with Crippen molar-refractivity contribution in [3.63, 3.8) is 0 Å². The fourth-order valence-corrected chi connectivity index (χ4v) is 2.68. The molecule has 3 rings (SSSR count). The first-order valence-electron chi connectivity index (χ1n) is 7.89. The molecule has 0 aliphatic heterocycles. The fraction of sp³-hybridized carbons (Fsp3) is 0.211. The number of nitrogens with two attached hydrogens (primary N) is 1. The van der Waals surface area contributed by atoms with Gasteiger partial charge in [-0.15, -0.1) is 0 Å². The molecule has 0 amide bonds. The third-order valence-corrected chi connectivity index (χ3v) is 4.08. The molecule has 0 aliphatic carbocycles. The number of fused-ring (bicyclic) bond motifs is 1. The van der Waals surface area contributed by atoms with E-state index in [0.29, 0.717) is 23.7 Å². The van der Waals surface area contributed by atoms with Crippen LogP contribution in [0.15, 0.2) is 42.6 Å². The predicted molar refractivity (Wildman–Crippen MR) is 99.0 cm³/mol. The normalized spacial score (nSPS) is 10.7. The van der Waals surface area contributed by atoms with Gasteiger partial charge >= 0.3 is 0 Å². The number of aliphatic hydroxyl groups excluding tert-OH is 1. The van der Waals surface area contributed by atoms with E-state index >= 15 is 0 Å². The summed E-state index contributed by atoms with van der Waals surface area (Å²) in [5.41, 5.74) is 10.2. The van der Waals surface area contributed by atoms with Gasteiger partial charge in [0.15, 0.2) is 11.5 Å². The van der Waals surface area contributed by atoms with Gasteiger partial charge in [-0.1, -0.05) is 24.3 Å². The standard InChI is InChI=1S/C19H21N3O3/c1-24-17-7-14-16(8-18(17)25-2)21-10-15(20)19(14)22-9-12-3-5-13(11-23)6-4-12/h3-8,10,23H,9,11,20H2,1-2H3,(H,21,22). The summed E-state index contributed by atoms with van der Waals surface area (Å²) in [7, 11) is 3.19. The lowest BCUT2D eigenvalue weighted by molar-refractivity contribution is 0.282. The van der Waals surface area contributed by atoms with E-state index in [1.807, 2.05) is 36.4 Å². The van der Waals surface area contributed by atoms with Crippen LogP contribution in [0.4, 0.5) is 11.4 Å². The second-order valence-electron chi connectivity index (χ2n) is 5.64. The number of rotatable bonds is 6. The molecule has 0 aliphatic rings. The quantitative estimate of drug-likeness (QED) is 0.640. The molecule has 0 unspecified atom stereocenters. The summed E-state index contributed by atoms with van der Waals surface area (Å²) in [5, 5.41) is 13.4. The Bertz CT molecular complexity index is 879. The molecular formula is C19H21N3O3. The van der Waals surface area contributed by atoms with Crippen molar-refractivity contribution in [2.75, 3.05) is 25.3 Å². The summed E-state index contributed by atoms with van der Waals surface area (Å²) in [6, 6.07) is 11.4. The highest BCUT2D eigenvalue weighted by molar-refractivity contribution is 5.98. The van der Waals surface area contributed by atoms with Crippen LogP contribution in [0.2, 0.25) is 0 Å². The van der Waals surface area contributed by atoms with Crippen molar-refractivity contribution >= 4 is 22.3 Å². The zero-order valence-electron chi connectivity index (χ0n) is 14.2. The number of hydrogen-bond donors (Lipinski definition) is 3. The average Bonchev–Trinajstić information content (AvgIpc) is 2.66. The van der Waals surface area contributed by atoms with Crippen molar-refractivity contribution in [1.29, 1.82) is 0 Å². The molecule has 1 aromatic heterocycles. The van der Waals surface area contributed by atoms with Crippen molar-refractivity contribution < 1.29 is 14.6 Å². The lowest BCUT2D eigenvalue weighted by Gasteiger charge is -2.15. The molecule has 0 radical (unpaired) electrons. The van der Waals surface area contributed by atoms with Crippen LogP contribution < -0.4 is 20.5 Å². The zero-order chi connectivity index (χ0) is 17.8. The Kier molecular flexibility index (Phi) is 4.90. The molecule has 0 fully saturated rings. The number of methoxy groups -OCH3 is 2. The molecule has 6 heteroatoms. The van der Waals surface area contributed by atoms with Crippen molar-refractivity contribution in [2.45, 2.75) is 13.2 Å². The zero-order valence-corrected chi connectivity index (χ0v) is 14.2. The maximum absolute atomic E-state index is 9.12. The number of benzene rings is 2. The Morgan fingerprint density at radius 1 is 1.04 bits per heavy atom. The van der Waals surface area contributed by atoms with E-state index in [1.54, 1.807) is 20.4 Å². The van der Waals surface area contributed by atoms with Gasteiger partial charge in [-0.2, -0.15) is 0 Å². The van der Waals surface area contributed by atoms with Gasteiger partial charge in [0.25, 0.3) is 0 Å². The van der Waals surface area contributed by atoms with Crippen LogP contribution in [-0.4, -0.2) is 24.3 Å². The minimum atomic E-state index is 0.0390. The maximum Gasteiger partial charge on any atom is 0.162 e. The van der Waals surface area contributed by atoms with E-state index in [4.69, 9.17) is 20.3 Å². The van der Waals surface area contributed by atoms with Gasteiger partial charge < -0.3 is 25.6 Å². The Hall–Kier alpha value is -2.99. The van der Waals surface area contributed by atoms with Crippen molar-refractivity contribution in [3.05, 3.63) is 53.7 Å². The topological polar surface area (TPSA) is 89.6 Å². The molecule has 1 heterocycles. The first kappa shape index (κ1) is 16.9. The molecule has 4 N–H and O–H groups in total. The molecule has 2 aromatic carbocycles. The first-order valence-corrected chi connectivity index (χ1v) is 7.89. The number of aromatic nitrogens is 1. The average molecular weight is 339 g/mol. The minimum absolute atomic E-state index is 0.0390. The lowest BCUT2D eigenvalue weighted by atomic mass is 10.1. The molecule has 25 heavy (non-hydrogen) atoms. The Balaban J connectivity index is 1.94. The number of nitrogens with one attached hydrogen (secondary N) is 1.